The Morgan fingerprint density at radius 3 is 2.07 bits per heavy atom. The molecule has 1 amide bonds. The Bertz CT molecular complexity index is 999. The fourth-order valence-corrected chi connectivity index (χ4v) is 3.23. The van der Waals surface area contributed by atoms with Gasteiger partial charge in [-0.2, -0.15) is 0 Å². The molecule has 0 atom stereocenters. The predicted octanol–water partition coefficient (Wildman–Crippen LogP) is 4.51. The van der Waals surface area contributed by atoms with Crippen molar-refractivity contribution in [3.63, 3.8) is 0 Å². The van der Waals surface area contributed by atoms with Gasteiger partial charge in [0.05, 0.1) is 12.2 Å². The molecule has 1 aromatic heterocycles. The van der Waals surface area contributed by atoms with Crippen molar-refractivity contribution in [1.82, 2.24) is 10.1 Å². The molecule has 28 heavy (non-hydrogen) atoms. The minimum Gasteiger partial charge on any atom is -0.359 e. The Morgan fingerprint density at radius 1 is 1.00 bits per heavy atom. The third-order valence-electron chi connectivity index (χ3n) is 5.00. The zero-order chi connectivity index (χ0) is 19.7. The van der Waals surface area contributed by atoms with Gasteiger partial charge in [0.25, 0.3) is 5.91 Å². The fraction of sp³-hybridized carbons (Fsp3) is 0.261. The van der Waals surface area contributed by atoms with Crippen LogP contribution in [0.15, 0.2) is 59.1 Å². The lowest BCUT2D eigenvalue weighted by atomic mass is 10.00. The van der Waals surface area contributed by atoms with Crippen molar-refractivity contribution in [3.05, 3.63) is 77.2 Å². The molecule has 1 aliphatic carbocycles. The van der Waals surface area contributed by atoms with Crippen LogP contribution >= 0.6 is 0 Å². The van der Waals surface area contributed by atoms with E-state index in [1.165, 1.54) is 0 Å². The van der Waals surface area contributed by atoms with Crippen molar-refractivity contribution in [2.45, 2.75) is 26.3 Å². The molecule has 0 spiro atoms. The Labute approximate surface area is 164 Å². The molecule has 4 rings (SSSR count). The van der Waals surface area contributed by atoms with Crippen LogP contribution in [0, 0.1) is 12.8 Å². The minimum atomic E-state index is -0.0778. The molecule has 1 fully saturated rings. The van der Waals surface area contributed by atoms with E-state index in [4.69, 9.17) is 4.52 Å². The maximum atomic E-state index is 12.6. The molecule has 3 aromatic rings. The van der Waals surface area contributed by atoms with Gasteiger partial charge in [-0.15, -0.1) is 0 Å². The number of nitrogens with zero attached hydrogens (tertiary/aromatic N) is 2. The number of amides is 1. The van der Waals surface area contributed by atoms with Crippen molar-refractivity contribution < 1.29 is 14.1 Å². The van der Waals surface area contributed by atoms with Gasteiger partial charge in [-0.3, -0.25) is 9.59 Å². The smallest absolute Gasteiger partial charge is 0.254 e. The molecule has 2 aromatic carbocycles. The number of aryl methyl sites for hydroxylation is 1. The van der Waals surface area contributed by atoms with Crippen LogP contribution in [0.1, 0.15) is 45.0 Å². The second kappa shape index (κ2) is 7.43. The van der Waals surface area contributed by atoms with E-state index < -0.39 is 0 Å². The molecular formula is C23H22N2O3. The van der Waals surface area contributed by atoms with E-state index in [0.29, 0.717) is 17.9 Å². The summed E-state index contributed by atoms with van der Waals surface area (Å²) in [6.45, 7) is 2.22. The first-order chi connectivity index (χ1) is 13.5. The largest absolute Gasteiger partial charge is 0.359 e. The highest BCUT2D eigenvalue weighted by molar-refractivity contribution is 5.99. The monoisotopic (exact) mass is 374 g/mol. The van der Waals surface area contributed by atoms with Gasteiger partial charge in [-0.1, -0.05) is 41.6 Å². The molecule has 1 heterocycles. The number of benzene rings is 2. The molecule has 0 N–H and O–H groups in total. The number of ketones is 1. The average molecular weight is 374 g/mol. The van der Waals surface area contributed by atoms with Crippen molar-refractivity contribution in [2.24, 2.45) is 5.92 Å². The summed E-state index contributed by atoms with van der Waals surface area (Å²) < 4.78 is 5.18. The normalized spacial score (nSPS) is 13.4. The van der Waals surface area contributed by atoms with Crippen molar-refractivity contribution >= 4 is 11.7 Å². The molecule has 5 nitrogen and oxygen atoms in total. The molecular weight excluding hydrogens is 352 g/mol. The lowest BCUT2D eigenvalue weighted by Crippen LogP contribution is -2.25. The molecule has 0 unspecified atom stereocenters. The molecule has 0 aliphatic heterocycles. The zero-order valence-electron chi connectivity index (χ0n) is 16.0. The van der Waals surface area contributed by atoms with Gasteiger partial charge >= 0.3 is 0 Å². The highest BCUT2D eigenvalue weighted by Crippen LogP contribution is 2.33. The first-order valence-electron chi connectivity index (χ1n) is 9.43. The first-order valence-corrected chi connectivity index (χ1v) is 9.43. The summed E-state index contributed by atoms with van der Waals surface area (Å²) in [6.07, 6.45) is 2.03. The van der Waals surface area contributed by atoms with Crippen molar-refractivity contribution in [2.75, 3.05) is 7.05 Å². The van der Waals surface area contributed by atoms with Crippen LogP contribution in [0.2, 0.25) is 0 Å². The number of Topliss-reactive ketones (excluding diaryl/α,β-unsaturated/α-hetero) is 1. The van der Waals surface area contributed by atoms with E-state index in [1.54, 1.807) is 11.9 Å². The van der Waals surface area contributed by atoms with Gasteiger partial charge in [-0.25, -0.2) is 0 Å². The SMILES string of the molecule is Cc1cc(CN(C)C(=O)c2ccc(-c3ccc(C(=O)C4CC4)cc3)cc2)on1. The number of carbonyl (C=O) groups excluding carboxylic acids is 2. The highest BCUT2D eigenvalue weighted by atomic mass is 16.5. The van der Waals surface area contributed by atoms with E-state index >= 15 is 0 Å². The molecule has 142 valence electrons. The van der Waals surface area contributed by atoms with Gasteiger partial charge in [0.1, 0.15) is 0 Å². The summed E-state index contributed by atoms with van der Waals surface area (Å²) in [7, 11) is 1.74. The van der Waals surface area contributed by atoms with Crippen molar-refractivity contribution in [3.8, 4) is 11.1 Å². The van der Waals surface area contributed by atoms with Gasteiger partial charge in [-0.05, 0) is 43.0 Å². The lowest BCUT2D eigenvalue weighted by molar-refractivity contribution is 0.0772. The van der Waals surface area contributed by atoms with E-state index in [1.807, 2.05) is 61.5 Å². The van der Waals surface area contributed by atoms with Gasteiger partial charge < -0.3 is 9.42 Å². The van der Waals surface area contributed by atoms with E-state index in [9.17, 15) is 9.59 Å². The second-order valence-electron chi connectivity index (χ2n) is 7.39. The number of hydrogen-bond donors (Lipinski definition) is 0. The average Bonchev–Trinajstić information content (AvgIpc) is 3.49. The lowest BCUT2D eigenvalue weighted by Gasteiger charge is -2.15. The number of carbonyl (C=O) groups is 2. The second-order valence-corrected chi connectivity index (χ2v) is 7.39. The van der Waals surface area contributed by atoms with Crippen LogP contribution in [0.3, 0.4) is 0 Å². The van der Waals surface area contributed by atoms with Gasteiger partial charge in [0.15, 0.2) is 11.5 Å². The van der Waals surface area contributed by atoms with E-state index in [2.05, 4.69) is 5.16 Å². The summed E-state index contributed by atoms with van der Waals surface area (Å²) in [5, 5.41) is 3.84. The van der Waals surface area contributed by atoms with Crippen LogP contribution < -0.4 is 0 Å². The van der Waals surface area contributed by atoms with Gasteiger partial charge in [0.2, 0.25) is 0 Å². The Hall–Kier alpha value is -3.21. The Morgan fingerprint density at radius 2 is 1.57 bits per heavy atom. The quantitative estimate of drug-likeness (QED) is 0.595. The van der Waals surface area contributed by atoms with Gasteiger partial charge in [0, 0.05) is 30.2 Å². The topological polar surface area (TPSA) is 63.4 Å². The Balaban J connectivity index is 1.44. The molecule has 0 bridgehead atoms. The molecule has 0 radical (unpaired) electrons. The third-order valence-corrected chi connectivity index (χ3v) is 5.00. The van der Waals surface area contributed by atoms with Crippen LogP contribution in [0.25, 0.3) is 11.1 Å². The van der Waals surface area contributed by atoms with Crippen molar-refractivity contribution in [1.29, 1.82) is 0 Å². The molecule has 0 saturated heterocycles. The summed E-state index contributed by atoms with van der Waals surface area (Å²) in [4.78, 5) is 26.3. The molecule has 5 heteroatoms. The van der Waals surface area contributed by atoms with Crippen LogP contribution in [0.5, 0.6) is 0 Å². The first kappa shape index (κ1) is 18.2. The van der Waals surface area contributed by atoms with Crippen LogP contribution in [-0.4, -0.2) is 28.8 Å². The number of rotatable bonds is 6. The number of hydrogen-bond acceptors (Lipinski definition) is 4. The highest BCUT2D eigenvalue weighted by Gasteiger charge is 2.30. The molecule has 1 aliphatic rings. The van der Waals surface area contributed by atoms with E-state index in [0.717, 1.165) is 35.2 Å². The maximum Gasteiger partial charge on any atom is 0.254 e. The summed E-state index contributed by atoms with van der Waals surface area (Å²) >= 11 is 0. The summed E-state index contributed by atoms with van der Waals surface area (Å²) in [5.41, 5.74) is 4.22. The maximum absolute atomic E-state index is 12.6. The van der Waals surface area contributed by atoms with Crippen LogP contribution in [-0.2, 0) is 6.54 Å². The third kappa shape index (κ3) is 3.88. The fourth-order valence-electron chi connectivity index (χ4n) is 3.23. The van der Waals surface area contributed by atoms with Crippen LogP contribution in [0.4, 0.5) is 0 Å². The summed E-state index contributed by atoms with van der Waals surface area (Å²) in [6, 6.07) is 17.0. The summed E-state index contributed by atoms with van der Waals surface area (Å²) in [5.74, 6) is 1.06. The zero-order valence-corrected chi connectivity index (χ0v) is 16.0. The standard InChI is InChI=1S/C23H22N2O3/c1-15-13-21(28-24-15)14-25(2)23(27)20-11-5-17(6-12-20)16-3-7-18(8-4-16)22(26)19-9-10-19/h3-8,11-13,19H,9-10,14H2,1-2H3. The predicted molar refractivity (Wildman–Crippen MR) is 106 cm³/mol. The van der Waals surface area contributed by atoms with E-state index in [-0.39, 0.29) is 17.6 Å². The molecule has 1 saturated carbocycles. The minimum absolute atomic E-state index is 0.0778. The number of aromatic nitrogens is 1. The Kier molecular flexibility index (Phi) is 4.82.